The van der Waals surface area contributed by atoms with Crippen LogP contribution in [0.5, 0.6) is 0 Å². The molecule has 0 aliphatic carbocycles. The lowest BCUT2D eigenvalue weighted by Crippen LogP contribution is -2.20. The fourth-order valence-corrected chi connectivity index (χ4v) is 4.07. The molecule has 0 aliphatic heterocycles. The Balaban J connectivity index is 1.48. The van der Waals surface area contributed by atoms with Crippen molar-refractivity contribution < 1.29 is 14.0 Å². The molecule has 0 bridgehead atoms. The van der Waals surface area contributed by atoms with E-state index in [-0.39, 0.29) is 29.9 Å². The van der Waals surface area contributed by atoms with Gasteiger partial charge in [-0.1, -0.05) is 47.6 Å². The van der Waals surface area contributed by atoms with Crippen LogP contribution in [0.25, 0.3) is 11.0 Å². The number of para-hydroxylation sites is 3. The van der Waals surface area contributed by atoms with Crippen molar-refractivity contribution in [3.63, 3.8) is 0 Å². The number of imidazole rings is 1. The smallest absolute Gasteiger partial charge is 0.244 e. The number of hydrogen-bond acceptors (Lipinski definition) is 4. The summed E-state index contributed by atoms with van der Waals surface area (Å²) in [5.74, 6) is -0.826. The third-order valence-electron chi connectivity index (χ3n) is 4.53. The highest BCUT2D eigenvalue weighted by Gasteiger charge is 2.16. The van der Waals surface area contributed by atoms with Crippen molar-refractivity contribution in [2.75, 3.05) is 16.4 Å². The fraction of sp³-hybridized carbons (Fsp3) is 0.0870. The fourth-order valence-electron chi connectivity index (χ4n) is 3.07. The van der Waals surface area contributed by atoms with Gasteiger partial charge in [0, 0.05) is 5.69 Å². The van der Waals surface area contributed by atoms with Gasteiger partial charge in [0.1, 0.15) is 12.4 Å². The van der Waals surface area contributed by atoms with Gasteiger partial charge in [-0.25, -0.2) is 9.37 Å². The molecule has 2 amide bonds. The Bertz CT molecular complexity index is 1280. The van der Waals surface area contributed by atoms with E-state index in [2.05, 4.69) is 15.6 Å². The molecule has 0 saturated heterocycles. The van der Waals surface area contributed by atoms with Crippen LogP contribution in [0.1, 0.15) is 0 Å². The van der Waals surface area contributed by atoms with Crippen molar-refractivity contribution in [1.82, 2.24) is 9.55 Å². The molecule has 2 N–H and O–H groups in total. The van der Waals surface area contributed by atoms with Crippen molar-refractivity contribution in [1.29, 1.82) is 0 Å². The number of hydrogen-bond donors (Lipinski definition) is 2. The zero-order valence-electron chi connectivity index (χ0n) is 16.7. The molecular formula is C23H18ClFN4O2S. The largest absolute Gasteiger partial charge is 0.325 e. The summed E-state index contributed by atoms with van der Waals surface area (Å²) in [5, 5.41) is 6.50. The van der Waals surface area contributed by atoms with Crippen LogP contribution in [0.3, 0.4) is 0 Å². The second kappa shape index (κ2) is 9.84. The van der Waals surface area contributed by atoms with Crippen LogP contribution in [-0.2, 0) is 16.1 Å². The SMILES string of the molecule is O=C(CSc1nc2ccccc2n1CC(=O)Nc1ccccc1Cl)Nc1ccc(F)cc1. The number of aromatic nitrogens is 2. The summed E-state index contributed by atoms with van der Waals surface area (Å²) < 4.78 is 14.8. The maximum Gasteiger partial charge on any atom is 0.244 e. The van der Waals surface area contributed by atoms with E-state index in [1.807, 2.05) is 24.3 Å². The summed E-state index contributed by atoms with van der Waals surface area (Å²) in [7, 11) is 0. The molecule has 3 aromatic carbocycles. The number of rotatable bonds is 7. The summed E-state index contributed by atoms with van der Waals surface area (Å²) in [4.78, 5) is 29.6. The zero-order chi connectivity index (χ0) is 22.5. The van der Waals surface area contributed by atoms with E-state index in [0.29, 0.717) is 21.6 Å². The minimum atomic E-state index is -0.374. The molecule has 32 heavy (non-hydrogen) atoms. The summed E-state index contributed by atoms with van der Waals surface area (Å²) >= 11 is 7.35. The summed E-state index contributed by atoms with van der Waals surface area (Å²) in [6.45, 7) is 0.00759. The quantitative estimate of drug-likeness (QED) is 0.365. The minimum absolute atomic E-state index is 0.00759. The Morgan fingerprint density at radius 1 is 0.938 bits per heavy atom. The number of amides is 2. The Morgan fingerprint density at radius 2 is 1.66 bits per heavy atom. The predicted molar refractivity (Wildman–Crippen MR) is 126 cm³/mol. The average Bonchev–Trinajstić information content (AvgIpc) is 3.13. The Labute approximate surface area is 192 Å². The van der Waals surface area contributed by atoms with Crippen LogP contribution in [-0.4, -0.2) is 27.1 Å². The molecule has 1 heterocycles. The molecular weight excluding hydrogens is 451 g/mol. The van der Waals surface area contributed by atoms with Crippen molar-refractivity contribution >= 4 is 57.6 Å². The van der Waals surface area contributed by atoms with E-state index in [9.17, 15) is 14.0 Å². The number of carbonyl (C=O) groups excluding carboxylic acids is 2. The van der Waals surface area contributed by atoms with Crippen molar-refractivity contribution in [2.24, 2.45) is 0 Å². The summed E-state index contributed by atoms with van der Waals surface area (Å²) in [6.07, 6.45) is 0. The van der Waals surface area contributed by atoms with E-state index in [1.54, 1.807) is 28.8 Å². The number of carbonyl (C=O) groups is 2. The molecule has 0 fully saturated rings. The molecule has 0 spiro atoms. The van der Waals surface area contributed by atoms with Gasteiger partial charge < -0.3 is 15.2 Å². The first-order valence-corrected chi connectivity index (χ1v) is 11.0. The monoisotopic (exact) mass is 468 g/mol. The van der Waals surface area contributed by atoms with Gasteiger partial charge in [0.25, 0.3) is 0 Å². The van der Waals surface area contributed by atoms with Gasteiger partial charge in [-0.2, -0.15) is 0 Å². The second-order valence-electron chi connectivity index (χ2n) is 6.84. The maximum atomic E-state index is 13.0. The van der Waals surface area contributed by atoms with Crippen LogP contribution in [0.15, 0.2) is 78.0 Å². The Kier molecular flexibility index (Phi) is 6.72. The molecule has 0 radical (unpaired) electrons. The minimum Gasteiger partial charge on any atom is -0.325 e. The molecule has 0 aliphatic rings. The van der Waals surface area contributed by atoms with Gasteiger partial charge in [0.05, 0.1) is 27.5 Å². The van der Waals surface area contributed by atoms with Crippen LogP contribution >= 0.6 is 23.4 Å². The maximum absolute atomic E-state index is 13.0. The number of nitrogens with zero attached hydrogens (tertiary/aromatic N) is 2. The third-order valence-corrected chi connectivity index (χ3v) is 5.84. The lowest BCUT2D eigenvalue weighted by molar-refractivity contribution is -0.117. The molecule has 9 heteroatoms. The number of fused-ring (bicyclic) bond motifs is 1. The van der Waals surface area contributed by atoms with Gasteiger partial charge in [-0.15, -0.1) is 0 Å². The van der Waals surface area contributed by atoms with E-state index in [1.165, 1.54) is 36.0 Å². The number of halogens is 2. The van der Waals surface area contributed by atoms with Gasteiger partial charge >= 0.3 is 0 Å². The van der Waals surface area contributed by atoms with E-state index >= 15 is 0 Å². The number of thioether (sulfide) groups is 1. The molecule has 4 aromatic rings. The van der Waals surface area contributed by atoms with E-state index < -0.39 is 0 Å². The van der Waals surface area contributed by atoms with Gasteiger partial charge in [0.15, 0.2) is 5.16 Å². The van der Waals surface area contributed by atoms with E-state index in [4.69, 9.17) is 11.6 Å². The highest BCUT2D eigenvalue weighted by molar-refractivity contribution is 7.99. The lowest BCUT2D eigenvalue weighted by Gasteiger charge is -2.11. The van der Waals surface area contributed by atoms with Crippen molar-refractivity contribution in [3.8, 4) is 0 Å². The predicted octanol–water partition coefficient (Wildman–Crippen LogP) is 5.20. The molecule has 0 saturated carbocycles. The Hall–Kier alpha value is -3.36. The second-order valence-corrected chi connectivity index (χ2v) is 8.19. The van der Waals surface area contributed by atoms with Gasteiger partial charge in [-0.3, -0.25) is 9.59 Å². The van der Waals surface area contributed by atoms with Gasteiger partial charge in [0.2, 0.25) is 11.8 Å². The molecule has 0 atom stereocenters. The standard InChI is InChI=1S/C23H18ClFN4O2S/c24-17-5-1-2-6-18(17)27-21(30)13-29-20-8-4-3-7-19(20)28-23(29)32-14-22(31)26-16-11-9-15(25)10-12-16/h1-12H,13-14H2,(H,26,31)(H,27,30). The third kappa shape index (κ3) is 5.27. The summed E-state index contributed by atoms with van der Waals surface area (Å²) in [6, 6.07) is 20.0. The number of nitrogens with one attached hydrogen (secondary N) is 2. The van der Waals surface area contributed by atoms with Crippen LogP contribution < -0.4 is 10.6 Å². The highest BCUT2D eigenvalue weighted by Crippen LogP contribution is 2.25. The van der Waals surface area contributed by atoms with Crippen LogP contribution in [0.4, 0.5) is 15.8 Å². The first-order chi connectivity index (χ1) is 15.5. The zero-order valence-corrected chi connectivity index (χ0v) is 18.3. The number of anilines is 2. The Morgan fingerprint density at radius 3 is 2.44 bits per heavy atom. The highest BCUT2D eigenvalue weighted by atomic mass is 35.5. The van der Waals surface area contributed by atoms with Gasteiger partial charge in [-0.05, 0) is 48.5 Å². The van der Waals surface area contributed by atoms with Crippen molar-refractivity contribution in [2.45, 2.75) is 11.7 Å². The van der Waals surface area contributed by atoms with E-state index in [0.717, 1.165) is 11.0 Å². The molecule has 4 rings (SSSR count). The van der Waals surface area contributed by atoms with Crippen LogP contribution in [0, 0.1) is 5.82 Å². The molecule has 6 nitrogen and oxygen atoms in total. The first kappa shape index (κ1) is 21.9. The topological polar surface area (TPSA) is 76.0 Å². The molecule has 162 valence electrons. The lowest BCUT2D eigenvalue weighted by atomic mass is 10.3. The normalized spacial score (nSPS) is 10.8. The summed E-state index contributed by atoms with van der Waals surface area (Å²) in [5.41, 5.74) is 2.53. The number of benzene rings is 3. The van der Waals surface area contributed by atoms with Crippen LogP contribution in [0.2, 0.25) is 5.02 Å². The molecule has 1 aromatic heterocycles. The van der Waals surface area contributed by atoms with Crippen molar-refractivity contribution in [3.05, 3.63) is 83.6 Å². The first-order valence-electron chi connectivity index (χ1n) is 9.67. The molecule has 0 unspecified atom stereocenters. The average molecular weight is 469 g/mol.